The number of carbonyl (C=O) groups excluding carboxylic acids is 1. The highest BCUT2D eigenvalue weighted by atomic mass is 19.1. The molecule has 1 aliphatic carbocycles. The van der Waals surface area contributed by atoms with E-state index < -0.39 is 0 Å². The van der Waals surface area contributed by atoms with Crippen molar-refractivity contribution in [3.63, 3.8) is 0 Å². The van der Waals surface area contributed by atoms with Crippen LogP contribution in [0.15, 0.2) is 47.1 Å². The van der Waals surface area contributed by atoms with Crippen LogP contribution < -0.4 is 0 Å². The Morgan fingerprint density at radius 2 is 2.12 bits per heavy atom. The van der Waals surface area contributed by atoms with E-state index in [2.05, 4.69) is 5.10 Å². The first kappa shape index (κ1) is 15.6. The maximum atomic E-state index is 14.2. The van der Waals surface area contributed by atoms with E-state index in [0.717, 1.165) is 30.5 Å². The third-order valence-corrected chi connectivity index (χ3v) is 4.53. The zero-order valence-corrected chi connectivity index (χ0v) is 13.9. The minimum absolute atomic E-state index is 0.176. The highest BCUT2D eigenvalue weighted by molar-refractivity contribution is 5.94. The highest BCUT2D eigenvalue weighted by Gasteiger charge is 2.29. The Hall–Kier alpha value is -2.89. The normalized spacial score (nSPS) is 13.0. The van der Waals surface area contributed by atoms with Gasteiger partial charge in [0.25, 0.3) is 5.91 Å². The summed E-state index contributed by atoms with van der Waals surface area (Å²) in [6.45, 7) is 0.368. The third kappa shape index (κ3) is 2.73. The standard InChI is InChI=1S/C19H18FN3O2/c1-22(12-13-6-5-11-25-13)19(24)18-14-7-4-10-16(14)23(21-18)17-9-3-2-8-15(17)20/h2-3,5-6,8-9,11H,4,7,10,12H2,1H3. The molecule has 0 radical (unpaired) electrons. The fourth-order valence-corrected chi connectivity index (χ4v) is 3.32. The molecule has 1 aliphatic rings. The summed E-state index contributed by atoms with van der Waals surface area (Å²) in [5, 5.41) is 4.47. The first-order valence-electron chi connectivity index (χ1n) is 8.28. The Kier molecular flexibility index (Phi) is 3.87. The lowest BCUT2D eigenvalue weighted by Gasteiger charge is -2.14. The van der Waals surface area contributed by atoms with Crippen LogP contribution in [0.5, 0.6) is 0 Å². The Bertz CT molecular complexity index is 915. The number of amides is 1. The van der Waals surface area contributed by atoms with E-state index in [4.69, 9.17) is 4.42 Å². The molecule has 0 fully saturated rings. The number of carbonyl (C=O) groups is 1. The molecular weight excluding hydrogens is 321 g/mol. The molecule has 0 unspecified atom stereocenters. The predicted molar refractivity (Wildman–Crippen MR) is 90.1 cm³/mol. The number of aromatic nitrogens is 2. The van der Waals surface area contributed by atoms with Crippen LogP contribution in [-0.2, 0) is 19.4 Å². The first-order valence-corrected chi connectivity index (χ1v) is 8.28. The summed E-state index contributed by atoms with van der Waals surface area (Å²) in [5.41, 5.74) is 2.65. The maximum absolute atomic E-state index is 14.2. The van der Waals surface area contributed by atoms with Crippen LogP contribution in [0.25, 0.3) is 5.69 Å². The summed E-state index contributed by atoms with van der Waals surface area (Å²) in [5.74, 6) is 0.188. The van der Waals surface area contributed by atoms with Gasteiger partial charge in [-0.2, -0.15) is 5.10 Å². The molecule has 3 aromatic rings. The smallest absolute Gasteiger partial charge is 0.274 e. The highest BCUT2D eigenvalue weighted by Crippen LogP contribution is 2.29. The second-order valence-electron chi connectivity index (χ2n) is 6.23. The number of para-hydroxylation sites is 1. The van der Waals surface area contributed by atoms with Crippen LogP contribution in [0.4, 0.5) is 4.39 Å². The summed E-state index contributed by atoms with van der Waals surface area (Å²) in [7, 11) is 1.72. The van der Waals surface area contributed by atoms with E-state index in [9.17, 15) is 9.18 Å². The summed E-state index contributed by atoms with van der Waals surface area (Å²) >= 11 is 0. The molecule has 0 saturated heterocycles. The van der Waals surface area contributed by atoms with E-state index in [1.807, 2.05) is 6.07 Å². The number of halogens is 1. The van der Waals surface area contributed by atoms with Gasteiger partial charge in [0.2, 0.25) is 0 Å². The SMILES string of the molecule is CN(Cc1ccco1)C(=O)c1nn(-c2ccccc2F)c2c1CCC2. The molecule has 1 aromatic carbocycles. The van der Waals surface area contributed by atoms with Crippen molar-refractivity contribution >= 4 is 5.91 Å². The molecular formula is C19H18FN3O2. The fourth-order valence-electron chi connectivity index (χ4n) is 3.32. The molecule has 1 amide bonds. The average Bonchev–Trinajstić information content (AvgIpc) is 3.32. The molecule has 0 spiro atoms. The van der Waals surface area contributed by atoms with Crippen LogP contribution in [0.2, 0.25) is 0 Å². The number of furan rings is 1. The quantitative estimate of drug-likeness (QED) is 0.732. The lowest BCUT2D eigenvalue weighted by atomic mass is 10.2. The van der Waals surface area contributed by atoms with Gasteiger partial charge in [-0.1, -0.05) is 12.1 Å². The van der Waals surface area contributed by atoms with Gasteiger partial charge < -0.3 is 9.32 Å². The van der Waals surface area contributed by atoms with Crippen molar-refractivity contribution < 1.29 is 13.6 Å². The molecule has 6 heteroatoms. The number of hydrogen-bond acceptors (Lipinski definition) is 3. The zero-order valence-electron chi connectivity index (χ0n) is 13.9. The van der Waals surface area contributed by atoms with Gasteiger partial charge in [-0.15, -0.1) is 0 Å². The van der Waals surface area contributed by atoms with Gasteiger partial charge in [0, 0.05) is 18.3 Å². The second-order valence-corrected chi connectivity index (χ2v) is 6.23. The number of benzene rings is 1. The molecule has 2 heterocycles. The van der Waals surface area contributed by atoms with E-state index >= 15 is 0 Å². The Morgan fingerprint density at radius 1 is 1.28 bits per heavy atom. The van der Waals surface area contributed by atoms with Crippen LogP contribution in [0.3, 0.4) is 0 Å². The summed E-state index contributed by atoms with van der Waals surface area (Å²) in [4.78, 5) is 14.4. The number of nitrogens with zero attached hydrogens (tertiary/aromatic N) is 3. The van der Waals surface area contributed by atoms with Crippen LogP contribution >= 0.6 is 0 Å². The third-order valence-electron chi connectivity index (χ3n) is 4.53. The number of fused-ring (bicyclic) bond motifs is 1. The molecule has 0 saturated carbocycles. The molecule has 4 rings (SSSR count). The topological polar surface area (TPSA) is 51.3 Å². The number of hydrogen-bond donors (Lipinski definition) is 0. The van der Waals surface area contributed by atoms with Crippen LogP contribution in [-0.4, -0.2) is 27.6 Å². The van der Waals surface area contributed by atoms with Crippen molar-refractivity contribution in [1.29, 1.82) is 0 Å². The van der Waals surface area contributed by atoms with Crippen molar-refractivity contribution in [2.45, 2.75) is 25.8 Å². The minimum Gasteiger partial charge on any atom is -0.467 e. The second kappa shape index (κ2) is 6.20. The zero-order chi connectivity index (χ0) is 17.4. The molecule has 128 valence electrons. The van der Waals surface area contributed by atoms with Gasteiger partial charge >= 0.3 is 0 Å². The van der Waals surface area contributed by atoms with Gasteiger partial charge in [-0.25, -0.2) is 9.07 Å². The first-order chi connectivity index (χ1) is 12.1. The largest absolute Gasteiger partial charge is 0.467 e. The number of rotatable bonds is 4. The van der Waals surface area contributed by atoms with Crippen molar-refractivity contribution in [2.24, 2.45) is 0 Å². The predicted octanol–water partition coefficient (Wildman–Crippen LogP) is 3.37. The minimum atomic E-state index is -0.345. The molecule has 0 N–H and O–H groups in total. The Balaban J connectivity index is 1.70. The Morgan fingerprint density at radius 3 is 2.88 bits per heavy atom. The molecule has 5 nitrogen and oxygen atoms in total. The monoisotopic (exact) mass is 339 g/mol. The van der Waals surface area contributed by atoms with Crippen molar-refractivity contribution in [2.75, 3.05) is 7.05 Å². The summed E-state index contributed by atoms with van der Waals surface area (Å²) in [6, 6.07) is 10.1. The van der Waals surface area contributed by atoms with Crippen molar-refractivity contribution in [3.8, 4) is 5.69 Å². The van der Waals surface area contributed by atoms with Gasteiger partial charge in [-0.05, 0) is 43.5 Å². The maximum Gasteiger partial charge on any atom is 0.274 e. The molecule has 0 bridgehead atoms. The van der Waals surface area contributed by atoms with Gasteiger partial charge in [0.05, 0.1) is 12.8 Å². The van der Waals surface area contributed by atoms with Gasteiger partial charge in [-0.3, -0.25) is 4.79 Å². The Labute approximate surface area is 144 Å². The van der Waals surface area contributed by atoms with Gasteiger partial charge in [0.1, 0.15) is 17.3 Å². The molecule has 25 heavy (non-hydrogen) atoms. The lowest BCUT2D eigenvalue weighted by molar-refractivity contribution is 0.0768. The molecule has 2 aromatic heterocycles. The molecule has 0 atom stereocenters. The van der Waals surface area contributed by atoms with E-state index in [-0.39, 0.29) is 11.7 Å². The van der Waals surface area contributed by atoms with E-state index in [0.29, 0.717) is 23.7 Å². The van der Waals surface area contributed by atoms with Crippen LogP contribution in [0, 0.1) is 5.82 Å². The van der Waals surface area contributed by atoms with Gasteiger partial charge in [0.15, 0.2) is 5.69 Å². The lowest BCUT2D eigenvalue weighted by Crippen LogP contribution is -2.27. The summed E-state index contributed by atoms with van der Waals surface area (Å²) in [6.07, 6.45) is 4.12. The summed E-state index contributed by atoms with van der Waals surface area (Å²) < 4.78 is 21.1. The van der Waals surface area contributed by atoms with Crippen LogP contribution in [0.1, 0.15) is 33.9 Å². The fraction of sp³-hybridized carbons (Fsp3) is 0.263. The van der Waals surface area contributed by atoms with Crippen molar-refractivity contribution in [3.05, 3.63) is 71.2 Å². The van der Waals surface area contributed by atoms with E-state index in [1.165, 1.54) is 6.07 Å². The van der Waals surface area contributed by atoms with E-state index in [1.54, 1.807) is 47.2 Å². The van der Waals surface area contributed by atoms with Crippen molar-refractivity contribution in [1.82, 2.24) is 14.7 Å². The average molecular weight is 339 g/mol. The molecule has 0 aliphatic heterocycles.